The predicted molar refractivity (Wildman–Crippen MR) is 55.3 cm³/mol. The molecule has 0 unspecified atom stereocenters. The molecule has 1 aromatic rings. The molecule has 6 nitrogen and oxygen atoms in total. The molecule has 0 bridgehead atoms. The van der Waals surface area contributed by atoms with E-state index < -0.39 is 16.7 Å². The molecule has 0 aliphatic carbocycles. The van der Waals surface area contributed by atoms with Gasteiger partial charge in [-0.3, -0.25) is 4.79 Å². The molecule has 0 amide bonds. The molecule has 88 valence electrons. The molecule has 8 heteroatoms. The van der Waals surface area contributed by atoms with Crippen LogP contribution >= 0.6 is 0 Å². The summed E-state index contributed by atoms with van der Waals surface area (Å²) in [7, 11) is -2.55. The van der Waals surface area contributed by atoms with Crippen LogP contribution in [0.1, 0.15) is 27.6 Å². The molecule has 0 fully saturated rings. The summed E-state index contributed by atoms with van der Waals surface area (Å²) in [4.78, 5) is 21.4. The van der Waals surface area contributed by atoms with Gasteiger partial charge in [-0.05, 0) is 23.7 Å². The van der Waals surface area contributed by atoms with Gasteiger partial charge in [0.2, 0.25) is 0 Å². The van der Waals surface area contributed by atoms with Gasteiger partial charge in [0.15, 0.2) is 5.78 Å². The number of carbonyl (C=O) groups excluding carboxylic acids is 1. The maximum Gasteiger partial charge on any atom is 1.00 e. The second-order valence-corrected chi connectivity index (χ2v) is 3.78. The van der Waals surface area contributed by atoms with E-state index in [9.17, 15) is 18.0 Å². The van der Waals surface area contributed by atoms with Crippen molar-refractivity contribution < 1.29 is 58.1 Å². The normalized spacial score (nSPS) is 9.06. The third kappa shape index (κ3) is 4.97. The van der Waals surface area contributed by atoms with E-state index in [0.717, 1.165) is 18.2 Å². The van der Waals surface area contributed by atoms with Gasteiger partial charge in [0.05, 0.1) is 5.56 Å². The topological polar surface area (TPSA) is 122 Å². The van der Waals surface area contributed by atoms with Crippen LogP contribution in [0.3, 0.4) is 0 Å². The molecule has 1 aromatic carbocycles. The minimum Gasteiger partial charge on any atom is -0.478 e. The number of benzene rings is 1. The predicted octanol–water partition coefficient (Wildman–Crippen LogP) is -2.66. The van der Waals surface area contributed by atoms with Gasteiger partial charge in [0.1, 0.15) is 0 Å². The first kappa shape index (κ1) is 18.6. The Morgan fingerprint density at radius 3 is 1.94 bits per heavy atom. The van der Waals surface area contributed by atoms with Crippen molar-refractivity contribution in [2.24, 2.45) is 0 Å². The van der Waals surface area contributed by atoms with Crippen LogP contribution in [-0.4, -0.2) is 16.9 Å². The Morgan fingerprint density at radius 1 is 1.12 bits per heavy atom. The minimum absolute atomic E-state index is 0. The van der Waals surface area contributed by atoms with Crippen LogP contribution in [0.15, 0.2) is 23.1 Å². The van der Waals surface area contributed by atoms with Crippen molar-refractivity contribution >= 4 is 22.5 Å². The Bertz CT molecular complexity index is 468. The molecule has 0 aromatic heterocycles. The zero-order valence-electron chi connectivity index (χ0n) is 9.30. The monoisotopic (exact) mass is 269 g/mol. The number of rotatable bonds is 3. The fourth-order valence-corrected chi connectivity index (χ4v) is 1.47. The number of carboxylic acids is 1. The molecular weight excluding hydrogens is 259 g/mol. The molecule has 0 saturated carbocycles. The van der Waals surface area contributed by atoms with E-state index in [2.05, 4.69) is 0 Å². The summed E-state index contributed by atoms with van der Waals surface area (Å²) in [6, 6.07) is 3.27. The first-order valence-electron chi connectivity index (χ1n) is 3.90. The second kappa shape index (κ2) is 7.57. The van der Waals surface area contributed by atoms with Gasteiger partial charge in [-0.25, -0.2) is 4.79 Å². The van der Waals surface area contributed by atoms with Crippen molar-refractivity contribution in [2.45, 2.75) is 11.8 Å². The van der Waals surface area contributed by atoms with Crippen molar-refractivity contribution in [3.8, 4) is 0 Å². The smallest absolute Gasteiger partial charge is 0.478 e. The first-order valence-corrected chi connectivity index (χ1v) is 4.98. The Morgan fingerprint density at radius 2 is 1.59 bits per heavy atom. The standard InChI is InChI=1S/C9H7O5S.Na.H2O/c1-5(10)6-2-7(9(11)12)4-8(3-6)15(13)14;;/h2-4H,1H3,(H,11,12);;1H2/q-1;+1;/p+1. The number of carbonyl (C=O) groups is 2. The van der Waals surface area contributed by atoms with Gasteiger partial charge in [-0.2, -0.15) is 0 Å². The third-order valence-corrected chi connectivity index (χ3v) is 2.37. The van der Waals surface area contributed by atoms with Gasteiger partial charge in [0.25, 0.3) is 0 Å². The average molecular weight is 269 g/mol. The van der Waals surface area contributed by atoms with Crippen LogP contribution in [0.25, 0.3) is 0 Å². The number of ketones is 1. The Hall–Kier alpha value is -0.730. The summed E-state index contributed by atoms with van der Waals surface area (Å²) in [6.07, 6.45) is 0. The summed E-state index contributed by atoms with van der Waals surface area (Å²) in [5.74, 6) is -1.66. The largest absolute Gasteiger partial charge is 1.00 e. The molecule has 0 radical (unpaired) electrons. The van der Waals surface area contributed by atoms with E-state index in [1.165, 1.54) is 6.92 Å². The zero-order chi connectivity index (χ0) is 11.6. The van der Waals surface area contributed by atoms with E-state index in [0.29, 0.717) is 0 Å². The summed E-state index contributed by atoms with van der Waals surface area (Å²) in [6.45, 7) is 1.23. The first-order chi connectivity index (χ1) is 6.91. The molecule has 17 heavy (non-hydrogen) atoms. The van der Waals surface area contributed by atoms with Gasteiger partial charge >= 0.3 is 35.5 Å². The van der Waals surface area contributed by atoms with Gasteiger partial charge in [-0.15, -0.1) is 0 Å². The van der Waals surface area contributed by atoms with E-state index in [1.54, 1.807) is 0 Å². The van der Waals surface area contributed by atoms with E-state index in [4.69, 9.17) is 5.11 Å². The Kier molecular flexibility index (Phi) is 8.29. The number of Topliss-reactive ketones (excluding diaryl/α,β-unsaturated/α-hetero) is 1. The summed E-state index contributed by atoms with van der Waals surface area (Å²) >= 11 is 0. The Balaban J connectivity index is 0. The van der Waals surface area contributed by atoms with Crippen LogP contribution in [0.4, 0.5) is 0 Å². The van der Waals surface area contributed by atoms with Gasteiger partial charge in [-0.1, -0.05) is 17.0 Å². The van der Waals surface area contributed by atoms with E-state index in [-0.39, 0.29) is 56.8 Å². The third-order valence-electron chi connectivity index (χ3n) is 1.75. The van der Waals surface area contributed by atoms with Crippen LogP contribution in [0, 0.1) is 0 Å². The van der Waals surface area contributed by atoms with Crippen molar-refractivity contribution in [1.82, 2.24) is 0 Å². The average Bonchev–Trinajstić information content (AvgIpc) is 2.16. The maximum atomic E-state index is 11.0. The molecule has 0 spiro atoms. The summed E-state index contributed by atoms with van der Waals surface area (Å²) < 4.78 is 21.3. The molecule has 0 aliphatic heterocycles. The van der Waals surface area contributed by atoms with Crippen LogP contribution in [0.2, 0.25) is 0 Å². The number of aromatic carboxylic acids is 1. The second-order valence-electron chi connectivity index (χ2n) is 2.84. The number of carboxylic acid groups (broad SMARTS) is 1. The van der Waals surface area contributed by atoms with Crippen LogP contribution in [0.5, 0.6) is 0 Å². The number of hydrogen-bond donors (Lipinski definition) is 1. The number of hydrogen-bond acceptors (Lipinski definition) is 5. The quantitative estimate of drug-likeness (QED) is 0.278. The minimum atomic E-state index is -2.55. The molecular formula is C9H10NaO6S+. The fourth-order valence-electron chi connectivity index (χ4n) is 1.02. The van der Waals surface area contributed by atoms with Gasteiger partial charge in [0, 0.05) is 5.56 Å². The van der Waals surface area contributed by atoms with E-state index >= 15 is 0 Å². The van der Waals surface area contributed by atoms with Crippen molar-refractivity contribution in [3.63, 3.8) is 0 Å². The van der Waals surface area contributed by atoms with Crippen LogP contribution < -0.4 is 29.6 Å². The van der Waals surface area contributed by atoms with Crippen molar-refractivity contribution in [1.29, 1.82) is 0 Å². The summed E-state index contributed by atoms with van der Waals surface area (Å²) in [5.41, 5.74) is -0.156. The van der Waals surface area contributed by atoms with Gasteiger partial charge < -0.3 is 19.0 Å². The molecule has 0 aliphatic rings. The Labute approximate surface area is 121 Å². The zero-order valence-corrected chi connectivity index (χ0v) is 12.1. The molecule has 0 heterocycles. The van der Waals surface area contributed by atoms with Crippen molar-refractivity contribution in [3.05, 3.63) is 29.3 Å². The maximum absolute atomic E-state index is 11.0. The van der Waals surface area contributed by atoms with E-state index in [1.807, 2.05) is 0 Å². The molecule has 1 rings (SSSR count). The van der Waals surface area contributed by atoms with Crippen LogP contribution in [-0.2, 0) is 24.6 Å². The molecule has 0 atom stereocenters. The SMILES string of the molecule is CC(=O)c1cc(C(=O)O)cc([S-](=O)=O)c1.[Na+].[OH3+]. The fraction of sp³-hybridized carbons (Fsp3) is 0.111. The molecule has 4 N–H and O–H groups in total. The molecule has 0 saturated heterocycles. The van der Waals surface area contributed by atoms with Crippen molar-refractivity contribution in [2.75, 3.05) is 0 Å². The summed E-state index contributed by atoms with van der Waals surface area (Å²) in [5, 5.41) is 8.68.